The molecule has 0 radical (unpaired) electrons. The zero-order valence-electron chi connectivity index (χ0n) is 28.1. The SMILES string of the molecule is CC1(c2ccccc2)c2cc(N(c3ccc(-c4ccccc4)cc3)c3cccc4ccccc34)ccc2-c2c1ccc1c2Sc2ccccc2S1. The maximum absolute atomic E-state index is 2.47. The third-order valence-electron chi connectivity index (χ3n) is 10.6. The van der Waals surface area contributed by atoms with Crippen LogP contribution in [0.25, 0.3) is 33.0 Å². The molecule has 1 aliphatic heterocycles. The van der Waals surface area contributed by atoms with E-state index in [-0.39, 0.29) is 5.41 Å². The van der Waals surface area contributed by atoms with Crippen LogP contribution >= 0.6 is 23.5 Å². The molecule has 3 heteroatoms. The Morgan fingerprint density at radius 2 is 1.12 bits per heavy atom. The summed E-state index contributed by atoms with van der Waals surface area (Å²) in [7, 11) is 0. The first-order chi connectivity index (χ1) is 25.2. The monoisotopic (exact) mass is 687 g/mol. The first-order valence-corrected chi connectivity index (χ1v) is 19.1. The number of fused-ring (bicyclic) bond motifs is 7. The quantitative estimate of drug-likeness (QED) is 0.177. The predicted octanol–water partition coefficient (Wildman–Crippen LogP) is 13.9. The minimum Gasteiger partial charge on any atom is -0.310 e. The molecule has 0 spiro atoms. The van der Waals surface area contributed by atoms with Gasteiger partial charge < -0.3 is 4.90 Å². The Bertz CT molecular complexity index is 2590. The Balaban J connectivity index is 1.19. The lowest BCUT2D eigenvalue weighted by Gasteiger charge is -2.31. The van der Waals surface area contributed by atoms with Crippen molar-refractivity contribution in [2.45, 2.75) is 31.9 Å². The molecule has 8 aromatic carbocycles. The average molecular weight is 688 g/mol. The first kappa shape index (κ1) is 30.4. The van der Waals surface area contributed by atoms with Crippen molar-refractivity contribution in [3.63, 3.8) is 0 Å². The number of benzene rings is 8. The standard InChI is InChI=1S/C48H33NS2/c1-48(35-17-6-3-7-18-35)40-29-30-45-47(51-44-22-11-10-21-43(44)50-45)46(40)39-28-27-37(31-41(39)48)49(42-20-12-16-34-15-8-9-19-38(34)42)36-25-23-33(24-26-36)32-13-4-2-5-14-32/h2-31H,1H3. The summed E-state index contributed by atoms with van der Waals surface area (Å²) in [5, 5.41) is 2.45. The lowest BCUT2D eigenvalue weighted by molar-refractivity contribution is 0.712. The Hall–Kier alpha value is -5.48. The van der Waals surface area contributed by atoms with Gasteiger partial charge in [-0.25, -0.2) is 0 Å². The number of hydrogen-bond donors (Lipinski definition) is 0. The van der Waals surface area contributed by atoms with Gasteiger partial charge in [0.25, 0.3) is 0 Å². The molecule has 0 fully saturated rings. The van der Waals surface area contributed by atoms with Gasteiger partial charge in [-0.1, -0.05) is 157 Å². The van der Waals surface area contributed by atoms with Gasteiger partial charge in [-0.05, 0) is 94.2 Å². The zero-order chi connectivity index (χ0) is 33.9. The van der Waals surface area contributed by atoms with Crippen LogP contribution in [0.15, 0.2) is 202 Å². The van der Waals surface area contributed by atoms with Gasteiger partial charge in [0.2, 0.25) is 0 Å². The number of nitrogens with zero attached hydrogens (tertiary/aromatic N) is 1. The molecular formula is C48H33NS2. The van der Waals surface area contributed by atoms with Crippen molar-refractivity contribution in [3.8, 4) is 22.3 Å². The van der Waals surface area contributed by atoms with Crippen LogP contribution in [0.4, 0.5) is 17.1 Å². The Morgan fingerprint density at radius 1 is 0.471 bits per heavy atom. The van der Waals surface area contributed by atoms with Crippen molar-refractivity contribution in [1.29, 1.82) is 0 Å². The smallest absolute Gasteiger partial charge is 0.0540 e. The Labute approximate surface area is 307 Å². The van der Waals surface area contributed by atoms with Gasteiger partial charge >= 0.3 is 0 Å². The van der Waals surface area contributed by atoms with Crippen LogP contribution in [0.5, 0.6) is 0 Å². The molecule has 242 valence electrons. The van der Waals surface area contributed by atoms with E-state index in [9.17, 15) is 0 Å². The second kappa shape index (κ2) is 12.1. The lowest BCUT2D eigenvalue weighted by Crippen LogP contribution is -2.23. The maximum atomic E-state index is 2.47. The van der Waals surface area contributed by atoms with Gasteiger partial charge in [0.15, 0.2) is 0 Å². The summed E-state index contributed by atoms with van der Waals surface area (Å²) in [5.41, 5.74) is 12.2. The molecule has 1 aliphatic carbocycles. The van der Waals surface area contributed by atoms with E-state index >= 15 is 0 Å². The van der Waals surface area contributed by atoms with Crippen molar-refractivity contribution in [2.75, 3.05) is 4.90 Å². The van der Waals surface area contributed by atoms with Gasteiger partial charge in [-0.15, -0.1) is 0 Å². The third kappa shape index (κ3) is 4.87. The topological polar surface area (TPSA) is 3.24 Å². The van der Waals surface area contributed by atoms with E-state index in [1.807, 2.05) is 23.5 Å². The normalized spacial score (nSPS) is 15.5. The summed E-state index contributed by atoms with van der Waals surface area (Å²) >= 11 is 3.81. The van der Waals surface area contributed by atoms with E-state index in [2.05, 4.69) is 194 Å². The molecule has 2 aliphatic rings. The third-order valence-corrected chi connectivity index (χ3v) is 13.2. The highest BCUT2D eigenvalue weighted by Gasteiger charge is 2.43. The van der Waals surface area contributed by atoms with Crippen LogP contribution in [0, 0.1) is 0 Å². The summed E-state index contributed by atoms with van der Waals surface area (Å²) in [4.78, 5) is 7.81. The second-order valence-corrected chi connectivity index (χ2v) is 15.6. The van der Waals surface area contributed by atoms with Crippen LogP contribution in [0.1, 0.15) is 23.6 Å². The molecular weight excluding hydrogens is 655 g/mol. The second-order valence-electron chi connectivity index (χ2n) is 13.4. The molecule has 0 aromatic heterocycles. The Kier molecular flexibility index (Phi) is 7.19. The van der Waals surface area contributed by atoms with Crippen LogP contribution in [0.2, 0.25) is 0 Å². The first-order valence-electron chi connectivity index (χ1n) is 17.4. The van der Waals surface area contributed by atoms with Crippen molar-refractivity contribution in [1.82, 2.24) is 0 Å². The molecule has 8 aromatic rings. The van der Waals surface area contributed by atoms with Crippen LogP contribution in [-0.2, 0) is 5.41 Å². The lowest BCUT2D eigenvalue weighted by atomic mass is 9.74. The molecule has 10 rings (SSSR count). The molecule has 0 bridgehead atoms. The van der Waals surface area contributed by atoms with E-state index in [0.29, 0.717) is 0 Å². The average Bonchev–Trinajstić information content (AvgIpc) is 3.46. The molecule has 1 heterocycles. The van der Waals surface area contributed by atoms with E-state index in [4.69, 9.17) is 0 Å². The summed E-state index contributed by atoms with van der Waals surface area (Å²) in [5.74, 6) is 0. The van der Waals surface area contributed by atoms with Crippen molar-refractivity contribution < 1.29 is 0 Å². The van der Waals surface area contributed by atoms with E-state index in [1.165, 1.54) is 75.0 Å². The summed E-state index contributed by atoms with van der Waals surface area (Å²) in [6.45, 7) is 2.43. The predicted molar refractivity (Wildman–Crippen MR) is 216 cm³/mol. The highest BCUT2D eigenvalue weighted by atomic mass is 32.2. The van der Waals surface area contributed by atoms with Crippen molar-refractivity contribution in [2.24, 2.45) is 0 Å². The molecule has 0 amide bonds. The van der Waals surface area contributed by atoms with Crippen molar-refractivity contribution >= 4 is 51.4 Å². The van der Waals surface area contributed by atoms with Gasteiger partial charge in [0.05, 0.1) is 5.69 Å². The largest absolute Gasteiger partial charge is 0.310 e. The van der Waals surface area contributed by atoms with E-state index < -0.39 is 0 Å². The van der Waals surface area contributed by atoms with Crippen LogP contribution < -0.4 is 4.90 Å². The van der Waals surface area contributed by atoms with Gasteiger partial charge in [0.1, 0.15) is 0 Å². The van der Waals surface area contributed by atoms with Gasteiger partial charge in [-0.2, -0.15) is 0 Å². The van der Waals surface area contributed by atoms with Crippen molar-refractivity contribution in [3.05, 3.63) is 199 Å². The fraction of sp³-hybridized carbons (Fsp3) is 0.0417. The zero-order valence-corrected chi connectivity index (χ0v) is 29.7. The number of rotatable bonds is 5. The molecule has 0 saturated carbocycles. The minimum atomic E-state index is -0.333. The minimum absolute atomic E-state index is 0.333. The highest BCUT2D eigenvalue weighted by Crippen LogP contribution is 2.61. The molecule has 1 unspecified atom stereocenters. The summed E-state index contributed by atoms with van der Waals surface area (Å²) in [6.07, 6.45) is 0. The number of anilines is 3. The maximum Gasteiger partial charge on any atom is 0.0540 e. The van der Waals surface area contributed by atoms with E-state index in [1.54, 1.807) is 0 Å². The van der Waals surface area contributed by atoms with Crippen LogP contribution in [-0.4, -0.2) is 0 Å². The fourth-order valence-electron chi connectivity index (χ4n) is 8.07. The molecule has 51 heavy (non-hydrogen) atoms. The molecule has 1 atom stereocenters. The van der Waals surface area contributed by atoms with E-state index in [0.717, 1.165) is 11.4 Å². The fourth-order valence-corrected chi connectivity index (χ4v) is 10.5. The van der Waals surface area contributed by atoms with Crippen LogP contribution in [0.3, 0.4) is 0 Å². The Morgan fingerprint density at radius 3 is 1.92 bits per heavy atom. The highest BCUT2D eigenvalue weighted by molar-refractivity contribution is 8.05. The molecule has 0 N–H and O–H groups in total. The van der Waals surface area contributed by atoms with Gasteiger partial charge in [-0.3, -0.25) is 0 Å². The summed E-state index contributed by atoms with van der Waals surface area (Å²) < 4.78 is 0. The molecule has 1 nitrogen and oxygen atoms in total. The summed E-state index contributed by atoms with van der Waals surface area (Å²) in [6, 6.07) is 66.8. The molecule has 0 saturated heterocycles. The number of hydrogen-bond acceptors (Lipinski definition) is 3. The van der Waals surface area contributed by atoms with Gasteiger partial charge in [0, 0.05) is 47.3 Å².